The average molecular weight is 467 g/mol. The van der Waals surface area contributed by atoms with Crippen LogP contribution in [0.1, 0.15) is 11.3 Å². The Bertz CT molecular complexity index is 1130. The average Bonchev–Trinajstić information content (AvgIpc) is 2.71. The number of aromatic nitrogens is 3. The number of benzene rings is 1. The molecule has 3 rings (SSSR count). The van der Waals surface area contributed by atoms with Gasteiger partial charge in [0.05, 0.1) is 10.6 Å². The van der Waals surface area contributed by atoms with Crippen LogP contribution >= 0.6 is 11.6 Å². The van der Waals surface area contributed by atoms with Crippen molar-refractivity contribution < 1.29 is 33.3 Å². The molecule has 1 aromatic carbocycles. The molecule has 12 heteroatoms. The quantitative estimate of drug-likeness (QED) is 0.226. The monoisotopic (exact) mass is 466 g/mol. The summed E-state index contributed by atoms with van der Waals surface area (Å²) >= 11 is 5.58. The summed E-state index contributed by atoms with van der Waals surface area (Å²) in [4.78, 5) is 26.6. The zero-order valence-electron chi connectivity index (χ0n) is 16.6. The summed E-state index contributed by atoms with van der Waals surface area (Å²) in [6, 6.07) is 7.10. The Labute approximate surface area is 185 Å². The molecule has 0 amide bonds. The summed E-state index contributed by atoms with van der Waals surface area (Å²) < 4.78 is 28.5. The molecule has 0 saturated heterocycles. The second-order valence-corrected chi connectivity index (χ2v) is 6.73. The first-order valence-electron chi connectivity index (χ1n) is 8.95. The lowest BCUT2D eigenvalue weighted by atomic mass is 10.2. The third kappa shape index (κ3) is 7.13. The maximum Gasteiger partial charge on any atom is 0.414 e. The number of rotatable bonds is 5. The van der Waals surface area contributed by atoms with E-state index in [4.69, 9.17) is 31.4 Å². The third-order valence-corrected chi connectivity index (χ3v) is 4.13. The number of halogens is 3. The highest BCUT2D eigenvalue weighted by atomic mass is 35.5. The molecule has 0 atom stereocenters. The van der Waals surface area contributed by atoms with Gasteiger partial charge in [0.15, 0.2) is 18.2 Å². The Morgan fingerprint density at radius 1 is 1.16 bits per heavy atom. The number of aryl methyl sites for hydroxylation is 1. The van der Waals surface area contributed by atoms with Crippen LogP contribution in [0.15, 0.2) is 42.7 Å². The Hall–Kier alpha value is -3.86. The van der Waals surface area contributed by atoms with Crippen molar-refractivity contribution in [1.82, 2.24) is 9.97 Å². The number of carboxylic acid groups (broad SMARTS) is 2. The van der Waals surface area contributed by atoms with E-state index in [2.05, 4.69) is 15.3 Å². The van der Waals surface area contributed by atoms with Gasteiger partial charge in [0, 0.05) is 29.9 Å². The topological polar surface area (TPSA) is 139 Å². The largest absolute Gasteiger partial charge is 0.619 e. The number of pyridine rings is 1. The van der Waals surface area contributed by atoms with Crippen molar-refractivity contribution in [1.29, 1.82) is 0 Å². The first kappa shape index (κ1) is 24.4. The summed E-state index contributed by atoms with van der Waals surface area (Å²) in [5.41, 5.74) is 1.41. The molecule has 168 valence electrons. The van der Waals surface area contributed by atoms with Gasteiger partial charge in [-0.15, -0.1) is 0 Å². The van der Waals surface area contributed by atoms with E-state index < -0.39 is 23.6 Å². The van der Waals surface area contributed by atoms with E-state index in [0.29, 0.717) is 24.5 Å². The van der Waals surface area contributed by atoms with E-state index in [1.807, 2.05) is 6.07 Å². The lowest BCUT2D eigenvalue weighted by Crippen LogP contribution is -2.25. The summed E-state index contributed by atoms with van der Waals surface area (Å²) in [6.45, 7) is 2.25. The van der Waals surface area contributed by atoms with Crippen molar-refractivity contribution >= 4 is 29.4 Å². The number of carboxylic acids is 2. The molecule has 32 heavy (non-hydrogen) atoms. The lowest BCUT2D eigenvalue weighted by Gasteiger charge is -2.10. The Morgan fingerprint density at radius 2 is 1.84 bits per heavy atom. The lowest BCUT2D eigenvalue weighted by molar-refractivity contribution is -0.605. The van der Waals surface area contributed by atoms with Gasteiger partial charge in [0.25, 0.3) is 0 Å². The van der Waals surface area contributed by atoms with Crippen LogP contribution in [-0.4, -0.2) is 38.7 Å². The van der Waals surface area contributed by atoms with E-state index >= 15 is 0 Å². The molecular weight excluding hydrogens is 450 g/mol. The molecule has 0 aliphatic heterocycles. The van der Waals surface area contributed by atoms with Gasteiger partial charge in [0.2, 0.25) is 0 Å². The molecule has 0 saturated carbocycles. The molecule has 2 heterocycles. The van der Waals surface area contributed by atoms with E-state index in [9.17, 15) is 14.0 Å². The minimum Gasteiger partial charge on any atom is -0.619 e. The second kappa shape index (κ2) is 11.0. The zero-order chi connectivity index (χ0) is 23.8. The first-order chi connectivity index (χ1) is 15.1. The molecule has 3 aromatic rings. The van der Waals surface area contributed by atoms with Crippen molar-refractivity contribution in [2.24, 2.45) is 0 Å². The molecule has 3 N–H and O–H groups in total. The van der Waals surface area contributed by atoms with Crippen molar-refractivity contribution in [2.45, 2.75) is 13.3 Å². The molecule has 9 nitrogen and oxygen atoms in total. The molecule has 0 spiro atoms. The molecule has 2 aromatic heterocycles. The maximum atomic E-state index is 14.1. The molecule has 0 bridgehead atoms. The normalized spacial score (nSPS) is 10.1. The predicted molar refractivity (Wildman–Crippen MR) is 110 cm³/mol. The van der Waals surface area contributed by atoms with Crippen LogP contribution in [0.5, 0.6) is 0 Å². The number of hydrogen-bond acceptors (Lipinski definition) is 6. The van der Waals surface area contributed by atoms with Crippen molar-refractivity contribution in [2.75, 3.05) is 11.9 Å². The molecule has 0 aliphatic carbocycles. The summed E-state index contributed by atoms with van der Waals surface area (Å²) in [5.74, 6) is -4.54. The van der Waals surface area contributed by atoms with E-state index in [0.717, 1.165) is 22.4 Å². The SMILES string of the molecule is Cc1cc(NCCc2ccc[n+]([O-])c2)nc(-c2cc(F)c(Cl)cc2F)n1.O=C(O)C(=O)O. The number of carbonyl (C=O) groups is 2. The Kier molecular flexibility index (Phi) is 8.36. The minimum absolute atomic E-state index is 0.0610. The first-order valence-corrected chi connectivity index (χ1v) is 9.33. The van der Waals surface area contributed by atoms with Crippen molar-refractivity contribution in [3.8, 4) is 11.4 Å². The fraction of sp³-hybridized carbons (Fsp3) is 0.150. The van der Waals surface area contributed by atoms with Crippen LogP contribution < -0.4 is 10.0 Å². The standard InChI is InChI=1S/C18H15ClF2N4O.C2H2O4/c1-11-7-17(22-5-4-12-3-2-6-25(26)10-12)24-18(23-11)13-8-16(21)14(19)9-15(13)20;3-1(4)2(5)6/h2-3,6-10H,4-5H2,1H3,(H,22,23,24);(H,3,4)(H,5,6). The smallest absolute Gasteiger partial charge is 0.414 e. The van der Waals surface area contributed by atoms with Crippen LogP contribution in [0.25, 0.3) is 11.4 Å². The maximum absolute atomic E-state index is 14.1. The fourth-order valence-electron chi connectivity index (χ4n) is 2.46. The highest BCUT2D eigenvalue weighted by Gasteiger charge is 2.14. The van der Waals surface area contributed by atoms with Crippen LogP contribution in [-0.2, 0) is 16.0 Å². The summed E-state index contributed by atoms with van der Waals surface area (Å²) in [5, 5.41) is 28.8. The summed E-state index contributed by atoms with van der Waals surface area (Å²) in [7, 11) is 0. The Morgan fingerprint density at radius 3 is 2.47 bits per heavy atom. The van der Waals surface area contributed by atoms with Gasteiger partial charge < -0.3 is 20.7 Å². The van der Waals surface area contributed by atoms with Crippen LogP contribution in [0, 0.1) is 23.8 Å². The van der Waals surface area contributed by atoms with Gasteiger partial charge in [-0.1, -0.05) is 11.6 Å². The number of anilines is 1. The van der Waals surface area contributed by atoms with Gasteiger partial charge >= 0.3 is 11.9 Å². The van der Waals surface area contributed by atoms with Crippen molar-refractivity contribution in [3.63, 3.8) is 0 Å². The van der Waals surface area contributed by atoms with Gasteiger partial charge in [0.1, 0.15) is 17.5 Å². The van der Waals surface area contributed by atoms with Gasteiger partial charge in [-0.05, 0) is 31.5 Å². The van der Waals surface area contributed by atoms with E-state index in [-0.39, 0.29) is 16.4 Å². The van der Waals surface area contributed by atoms with Gasteiger partial charge in [-0.25, -0.2) is 28.3 Å². The highest BCUT2D eigenvalue weighted by Crippen LogP contribution is 2.26. The molecular formula is C20H17ClF2N4O5. The molecule has 0 aliphatic rings. The zero-order valence-corrected chi connectivity index (χ0v) is 17.3. The third-order valence-electron chi connectivity index (χ3n) is 3.84. The number of aliphatic carboxylic acids is 2. The Balaban J connectivity index is 0.000000534. The van der Waals surface area contributed by atoms with Crippen LogP contribution in [0.2, 0.25) is 5.02 Å². The van der Waals surface area contributed by atoms with E-state index in [1.165, 1.54) is 12.4 Å². The predicted octanol–water partition coefficient (Wildman–Crippen LogP) is 2.83. The number of nitrogens with zero attached hydrogens (tertiary/aromatic N) is 3. The molecule has 0 unspecified atom stereocenters. The van der Waals surface area contributed by atoms with Gasteiger partial charge in [-0.3, -0.25) is 0 Å². The van der Waals surface area contributed by atoms with E-state index in [1.54, 1.807) is 19.1 Å². The van der Waals surface area contributed by atoms with Crippen LogP contribution in [0.3, 0.4) is 0 Å². The van der Waals surface area contributed by atoms with Crippen molar-refractivity contribution in [3.05, 3.63) is 75.8 Å². The van der Waals surface area contributed by atoms with Crippen LogP contribution in [0.4, 0.5) is 14.6 Å². The van der Waals surface area contributed by atoms with Gasteiger partial charge in [-0.2, -0.15) is 4.73 Å². The second-order valence-electron chi connectivity index (χ2n) is 6.32. The fourth-order valence-corrected chi connectivity index (χ4v) is 2.61. The number of hydrogen-bond donors (Lipinski definition) is 3. The highest BCUT2D eigenvalue weighted by molar-refractivity contribution is 6.30. The molecule has 0 fully saturated rings. The minimum atomic E-state index is -1.82. The molecule has 0 radical (unpaired) electrons. The summed E-state index contributed by atoms with van der Waals surface area (Å²) in [6.07, 6.45) is 3.51. The number of nitrogens with one attached hydrogen (secondary N) is 1.